The highest BCUT2D eigenvalue weighted by molar-refractivity contribution is 6.65. The number of ether oxygens (including phenoxy) is 3. The van der Waals surface area contributed by atoms with E-state index in [0.717, 1.165) is 19.1 Å². The van der Waals surface area contributed by atoms with E-state index in [4.69, 9.17) is 23.1 Å². The molecule has 1 saturated carbocycles. The van der Waals surface area contributed by atoms with Gasteiger partial charge in [0.1, 0.15) is 0 Å². The summed E-state index contributed by atoms with van der Waals surface area (Å²) in [7, 11) is 1.51. The van der Waals surface area contributed by atoms with Crippen LogP contribution in [0.15, 0.2) is 0 Å². The van der Waals surface area contributed by atoms with E-state index >= 15 is 0 Å². The molecule has 5 nitrogen and oxygen atoms in total. The van der Waals surface area contributed by atoms with Crippen LogP contribution >= 0.6 is 0 Å². The van der Waals surface area contributed by atoms with Crippen molar-refractivity contribution in [2.75, 3.05) is 20.8 Å². The lowest BCUT2D eigenvalue weighted by atomic mass is 10.5. The highest BCUT2D eigenvalue weighted by Crippen LogP contribution is 2.89. The van der Waals surface area contributed by atoms with Crippen LogP contribution in [-0.2, 0) is 23.1 Å². The summed E-state index contributed by atoms with van der Waals surface area (Å²) in [4.78, 5) is 0. The molecule has 0 N–H and O–H groups in total. The van der Waals surface area contributed by atoms with Crippen LogP contribution in [0.2, 0.25) is 12.6 Å². The van der Waals surface area contributed by atoms with Gasteiger partial charge in [0.15, 0.2) is 6.10 Å². The standard InChI is InChI=1S/C9H16O5Si/c1-10-15(3,11-2)6-4-5-12-7-8-9(7,13-8)14-8/h7H,4-6H2,1-3H3. The molecule has 0 bridgehead atoms. The Morgan fingerprint density at radius 1 is 1.20 bits per heavy atom. The molecular weight excluding hydrogens is 216 g/mol. The fourth-order valence-electron chi connectivity index (χ4n) is 1.95. The summed E-state index contributed by atoms with van der Waals surface area (Å²) in [5.74, 6) is -0.535. The Labute approximate surface area is 89.8 Å². The van der Waals surface area contributed by atoms with Gasteiger partial charge < -0.3 is 23.1 Å². The molecule has 0 atom stereocenters. The lowest BCUT2D eigenvalue weighted by Crippen LogP contribution is -2.37. The van der Waals surface area contributed by atoms with E-state index in [-0.39, 0.29) is 17.7 Å². The first-order valence-corrected chi connectivity index (χ1v) is 7.77. The molecule has 1 aliphatic carbocycles. The smallest absolute Gasteiger partial charge is 0.334 e. The zero-order valence-electron chi connectivity index (χ0n) is 9.24. The van der Waals surface area contributed by atoms with Crippen molar-refractivity contribution in [3.63, 3.8) is 0 Å². The fourth-order valence-corrected chi connectivity index (χ4v) is 3.31. The first-order valence-electron chi connectivity index (χ1n) is 5.25. The molecule has 2 aliphatic heterocycles. The van der Waals surface area contributed by atoms with Gasteiger partial charge in [-0.25, -0.2) is 0 Å². The Hall–Kier alpha value is 0.0169. The van der Waals surface area contributed by atoms with Gasteiger partial charge in [0.05, 0.1) is 0 Å². The minimum Gasteiger partial charge on any atom is -0.398 e. The maximum Gasteiger partial charge on any atom is 0.334 e. The van der Waals surface area contributed by atoms with Crippen LogP contribution in [0.1, 0.15) is 6.42 Å². The van der Waals surface area contributed by atoms with Crippen molar-refractivity contribution in [1.29, 1.82) is 0 Å². The highest BCUT2D eigenvalue weighted by Gasteiger charge is 3.17. The van der Waals surface area contributed by atoms with Gasteiger partial charge in [0, 0.05) is 20.8 Å². The van der Waals surface area contributed by atoms with Crippen molar-refractivity contribution >= 4 is 8.56 Å². The topological polar surface area (TPSA) is 52.8 Å². The minimum absolute atomic E-state index is 0.211. The van der Waals surface area contributed by atoms with Gasteiger partial charge in [0.2, 0.25) is 0 Å². The van der Waals surface area contributed by atoms with Gasteiger partial charge >= 0.3 is 8.56 Å². The van der Waals surface area contributed by atoms with Gasteiger partial charge in [-0.05, 0) is 19.0 Å². The quantitative estimate of drug-likeness (QED) is 0.365. The van der Waals surface area contributed by atoms with Crippen LogP contribution in [0.3, 0.4) is 0 Å². The molecule has 2 heterocycles. The Morgan fingerprint density at radius 2 is 1.80 bits per heavy atom. The second kappa shape index (κ2) is 2.82. The summed E-state index contributed by atoms with van der Waals surface area (Å²) in [6.07, 6.45) is 1.18. The van der Waals surface area contributed by atoms with Crippen LogP contribution in [0.4, 0.5) is 0 Å². The second-order valence-electron chi connectivity index (χ2n) is 4.44. The average Bonchev–Trinajstić information content (AvgIpc) is 3.07. The third-order valence-corrected chi connectivity index (χ3v) is 6.53. The zero-order chi connectivity index (χ0) is 10.7. The zero-order valence-corrected chi connectivity index (χ0v) is 10.2. The molecule has 0 aromatic carbocycles. The summed E-state index contributed by atoms with van der Waals surface area (Å²) in [6, 6.07) is 0.953. The summed E-state index contributed by atoms with van der Waals surface area (Å²) in [6.45, 7) is 2.79. The van der Waals surface area contributed by atoms with Crippen molar-refractivity contribution in [3.8, 4) is 0 Å². The third-order valence-electron chi connectivity index (χ3n) is 3.54. The molecule has 0 aromatic rings. The van der Waals surface area contributed by atoms with Gasteiger partial charge in [-0.3, -0.25) is 0 Å². The first kappa shape index (κ1) is 10.2. The summed E-state index contributed by atoms with van der Waals surface area (Å²) in [5.41, 5.74) is 0. The van der Waals surface area contributed by atoms with Gasteiger partial charge in [-0.15, -0.1) is 0 Å². The Morgan fingerprint density at radius 3 is 2.20 bits per heavy atom. The van der Waals surface area contributed by atoms with Gasteiger partial charge in [-0.2, -0.15) is 0 Å². The van der Waals surface area contributed by atoms with Crippen molar-refractivity contribution in [1.82, 2.24) is 0 Å². The molecule has 0 radical (unpaired) electrons. The monoisotopic (exact) mass is 232 g/mol. The van der Waals surface area contributed by atoms with Crippen LogP contribution in [0.5, 0.6) is 0 Å². The number of hydrogen-bond acceptors (Lipinski definition) is 5. The first-order chi connectivity index (χ1) is 7.12. The summed E-state index contributed by atoms with van der Waals surface area (Å²) >= 11 is 0. The molecule has 86 valence electrons. The van der Waals surface area contributed by atoms with Crippen molar-refractivity contribution in [2.24, 2.45) is 0 Å². The van der Waals surface area contributed by atoms with Crippen molar-refractivity contribution in [3.05, 3.63) is 0 Å². The lowest BCUT2D eigenvalue weighted by Gasteiger charge is -2.23. The van der Waals surface area contributed by atoms with E-state index < -0.39 is 8.56 Å². The minimum atomic E-state index is -1.91. The molecule has 3 fully saturated rings. The van der Waals surface area contributed by atoms with Gasteiger partial charge in [0.25, 0.3) is 11.6 Å². The van der Waals surface area contributed by atoms with E-state index in [1.165, 1.54) is 0 Å². The predicted octanol–water partition coefficient (Wildman–Crippen LogP) is 0.593. The van der Waals surface area contributed by atoms with Crippen molar-refractivity contribution in [2.45, 2.75) is 36.7 Å². The SMILES string of the molecule is CO[Si](C)(CCCOC1C23OC12O3)OC. The largest absolute Gasteiger partial charge is 0.398 e. The van der Waals surface area contributed by atoms with Crippen LogP contribution < -0.4 is 0 Å². The fraction of sp³-hybridized carbons (Fsp3) is 1.00. The molecule has 3 rings (SSSR count). The molecule has 3 aliphatic rings. The Kier molecular flexibility index (Phi) is 1.92. The third kappa shape index (κ3) is 1.20. The molecule has 0 unspecified atom stereocenters. The van der Waals surface area contributed by atoms with E-state index in [1.54, 1.807) is 14.2 Å². The van der Waals surface area contributed by atoms with E-state index in [2.05, 4.69) is 6.55 Å². The number of rotatable bonds is 7. The van der Waals surface area contributed by atoms with Crippen molar-refractivity contribution < 1.29 is 23.1 Å². The van der Waals surface area contributed by atoms with E-state index in [0.29, 0.717) is 0 Å². The van der Waals surface area contributed by atoms with Crippen LogP contribution in [0.25, 0.3) is 0 Å². The summed E-state index contributed by atoms with van der Waals surface area (Å²) in [5, 5.41) is 0. The Balaban J connectivity index is 1.30. The Bertz CT molecular complexity index is 270. The van der Waals surface area contributed by atoms with E-state index in [1.807, 2.05) is 0 Å². The molecule has 0 aromatic heterocycles. The molecule has 0 amide bonds. The maximum atomic E-state index is 5.60. The second-order valence-corrected chi connectivity index (χ2v) is 8.02. The summed E-state index contributed by atoms with van der Waals surface area (Å²) < 4.78 is 26.6. The predicted molar refractivity (Wildman–Crippen MR) is 52.4 cm³/mol. The van der Waals surface area contributed by atoms with E-state index in [9.17, 15) is 0 Å². The van der Waals surface area contributed by atoms with Gasteiger partial charge in [-0.1, -0.05) is 0 Å². The maximum absolute atomic E-state index is 5.60. The van der Waals surface area contributed by atoms with Crippen LogP contribution in [-0.4, -0.2) is 47.1 Å². The molecule has 0 spiro atoms. The average molecular weight is 232 g/mol. The lowest BCUT2D eigenvalue weighted by molar-refractivity contribution is -0.261. The molecule has 6 heteroatoms. The molecular formula is C9H16O5Si. The highest BCUT2D eigenvalue weighted by atomic mass is 28.4. The molecule has 15 heavy (non-hydrogen) atoms. The normalized spacial score (nSPS) is 44.6. The number of epoxide rings is 2. The number of hydrogen-bond donors (Lipinski definition) is 0. The van der Waals surface area contributed by atoms with Crippen LogP contribution in [0, 0.1) is 0 Å². The molecule has 2 saturated heterocycles.